The van der Waals surface area contributed by atoms with E-state index in [4.69, 9.17) is 14.7 Å². The summed E-state index contributed by atoms with van der Waals surface area (Å²) in [6, 6.07) is 0.314. The molecule has 1 amide bonds. The molecule has 1 aromatic rings. The number of rotatable bonds is 5. The van der Waals surface area contributed by atoms with Gasteiger partial charge in [-0.05, 0) is 25.3 Å². The van der Waals surface area contributed by atoms with Crippen LogP contribution >= 0.6 is 0 Å². The van der Waals surface area contributed by atoms with Crippen LogP contribution in [-0.4, -0.2) is 59.5 Å². The summed E-state index contributed by atoms with van der Waals surface area (Å²) >= 11 is 0. The van der Waals surface area contributed by atoms with Crippen LogP contribution in [0, 0.1) is 5.41 Å². The van der Waals surface area contributed by atoms with Gasteiger partial charge in [0.25, 0.3) is 0 Å². The highest BCUT2D eigenvalue weighted by Gasteiger charge is 2.25. The Morgan fingerprint density at radius 2 is 2.11 bits per heavy atom. The molecule has 2 fully saturated rings. The Morgan fingerprint density at radius 3 is 2.81 bits per heavy atom. The average molecular weight is 369 g/mol. The number of ether oxygens (including phenoxy) is 1. The number of aromatic nitrogens is 2. The summed E-state index contributed by atoms with van der Waals surface area (Å²) in [6.45, 7) is 2.92. The van der Waals surface area contributed by atoms with Crippen LogP contribution < -0.4 is 5.32 Å². The van der Waals surface area contributed by atoms with Crippen molar-refractivity contribution in [3.05, 3.63) is 41.7 Å². The van der Waals surface area contributed by atoms with Crippen LogP contribution in [0.4, 0.5) is 0 Å². The van der Waals surface area contributed by atoms with Crippen molar-refractivity contribution < 1.29 is 14.1 Å². The van der Waals surface area contributed by atoms with Crippen LogP contribution in [0.1, 0.15) is 36.9 Å². The minimum atomic E-state index is 0.184. The second kappa shape index (κ2) is 7.87. The van der Waals surface area contributed by atoms with E-state index in [2.05, 4.69) is 15.5 Å². The van der Waals surface area contributed by atoms with Gasteiger partial charge in [-0.1, -0.05) is 17.3 Å². The van der Waals surface area contributed by atoms with Crippen molar-refractivity contribution in [2.24, 2.45) is 0 Å². The molecule has 0 spiro atoms. The zero-order chi connectivity index (χ0) is 18.6. The lowest BCUT2D eigenvalue weighted by atomic mass is 9.97. The van der Waals surface area contributed by atoms with Crippen molar-refractivity contribution in [2.75, 3.05) is 26.3 Å². The van der Waals surface area contributed by atoms with Crippen molar-refractivity contribution in [3.8, 4) is 0 Å². The lowest BCUT2D eigenvalue weighted by molar-refractivity contribution is -0.119. The van der Waals surface area contributed by atoms with Gasteiger partial charge in [0, 0.05) is 43.0 Å². The Hall–Kier alpha value is -2.74. The quantitative estimate of drug-likeness (QED) is 0.765. The first kappa shape index (κ1) is 17.7. The fourth-order valence-corrected chi connectivity index (χ4v) is 3.46. The molecule has 0 radical (unpaired) electrons. The molecule has 3 aliphatic rings. The number of amides is 1. The van der Waals surface area contributed by atoms with E-state index in [0.29, 0.717) is 43.2 Å². The molecule has 1 atom stereocenters. The fraction of sp³-hybridized carbons (Fsp3) is 0.474. The van der Waals surface area contributed by atoms with E-state index in [1.54, 1.807) is 11.0 Å². The van der Waals surface area contributed by atoms with Crippen LogP contribution in [0.25, 0.3) is 5.57 Å². The molecule has 0 aromatic carbocycles. The smallest absolute Gasteiger partial charge is 0.230 e. The molecule has 2 N–H and O–H groups in total. The first-order valence-electron chi connectivity index (χ1n) is 9.29. The predicted molar refractivity (Wildman–Crippen MR) is 99.2 cm³/mol. The van der Waals surface area contributed by atoms with Crippen molar-refractivity contribution in [1.82, 2.24) is 20.4 Å². The van der Waals surface area contributed by atoms with E-state index in [9.17, 15) is 4.79 Å². The molecule has 8 nitrogen and oxygen atoms in total. The predicted octanol–water partition coefficient (Wildman–Crippen LogP) is 1.64. The summed E-state index contributed by atoms with van der Waals surface area (Å²) in [6.07, 6.45) is 10.9. The number of carbonyl (C=O) groups excluding carboxylic acids is 1. The van der Waals surface area contributed by atoms with Crippen LogP contribution in [0.15, 0.2) is 34.5 Å². The number of hydrogen-bond acceptors (Lipinski definition) is 7. The maximum absolute atomic E-state index is 10.8. The molecule has 0 saturated carbocycles. The van der Waals surface area contributed by atoms with Crippen LogP contribution in [0.3, 0.4) is 0 Å². The van der Waals surface area contributed by atoms with Gasteiger partial charge in [0.05, 0.1) is 18.4 Å². The first-order chi connectivity index (χ1) is 13.2. The molecule has 3 heterocycles. The van der Waals surface area contributed by atoms with Gasteiger partial charge < -0.3 is 24.9 Å². The third-order valence-corrected chi connectivity index (χ3v) is 5.19. The van der Waals surface area contributed by atoms with Gasteiger partial charge in [0.1, 0.15) is 0 Å². The van der Waals surface area contributed by atoms with E-state index in [-0.39, 0.29) is 5.92 Å². The average Bonchev–Trinajstić information content (AvgIpc) is 3.39. The van der Waals surface area contributed by atoms with Crippen LogP contribution in [0.2, 0.25) is 0 Å². The van der Waals surface area contributed by atoms with E-state index < -0.39 is 0 Å². The zero-order valence-corrected chi connectivity index (χ0v) is 15.1. The van der Waals surface area contributed by atoms with Crippen LogP contribution in [-0.2, 0) is 9.53 Å². The maximum atomic E-state index is 10.8. The number of nitrogens with one attached hydrogen (secondary N) is 2. The topological polar surface area (TPSA) is 104 Å². The number of carbonyl (C=O) groups is 1. The highest BCUT2D eigenvalue weighted by atomic mass is 16.5. The van der Waals surface area contributed by atoms with Crippen molar-refractivity contribution in [3.63, 3.8) is 0 Å². The molecule has 1 aromatic heterocycles. The molecule has 1 aliphatic carbocycles. The lowest BCUT2D eigenvalue weighted by Crippen LogP contribution is -2.31. The van der Waals surface area contributed by atoms with E-state index in [0.717, 1.165) is 43.4 Å². The number of likely N-dealkylation sites (tertiary alicyclic amines) is 1. The molecular weight excluding hydrogens is 346 g/mol. The minimum Gasteiger partial charge on any atom is -0.385 e. The van der Waals surface area contributed by atoms with Crippen molar-refractivity contribution in [1.29, 1.82) is 5.41 Å². The Morgan fingerprint density at radius 1 is 1.26 bits per heavy atom. The maximum Gasteiger partial charge on any atom is 0.230 e. The largest absolute Gasteiger partial charge is 0.385 e. The van der Waals surface area contributed by atoms with E-state index in [1.807, 2.05) is 18.4 Å². The summed E-state index contributed by atoms with van der Waals surface area (Å²) in [7, 11) is 0. The molecule has 142 valence electrons. The van der Waals surface area contributed by atoms with Gasteiger partial charge in [-0.2, -0.15) is 4.98 Å². The standard InChI is InChI=1S/C19H23N5O3/c20-17-9-14(1-2-15(17)10-21-16-5-8-26-11-16)18-22-19(27-23-18)13-3-6-24(12-25)7-4-13/h1-2,9-10,12-13,16,20-21H,3-8,11H2/b15-10-,20-17?. The summed E-state index contributed by atoms with van der Waals surface area (Å²) in [5.74, 6) is 1.30. The van der Waals surface area contributed by atoms with Gasteiger partial charge in [0.15, 0.2) is 0 Å². The molecule has 4 rings (SSSR count). The molecule has 8 heteroatoms. The molecule has 2 saturated heterocycles. The van der Waals surface area contributed by atoms with Crippen LogP contribution in [0.5, 0.6) is 0 Å². The first-order valence-corrected chi connectivity index (χ1v) is 9.29. The second-order valence-corrected chi connectivity index (χ2v) is 7.05. The van der Waals surface area contributed by atoms with Gasteiger partial charge in [-0.25, -0.2) is 0 Å². The number of nitrogens with zero attached hydrogens (tertiary/aromatic N) is 3. The highest BCUT2D eigenvalue weighted by molar-refractivity contribution is 6.14. The highest BCUT2D eigenvalue weighted by Crippen LogP contribution is 2.28. The Labute approximate surface area is 157 Å². The summed E-state index contributed by atoms with van der Waals surface area (Å²) in [5, 5.41) is 15.6. The fourth-order valence-electron chi connectivity index (χ4n) is 3.46. The van der Waals surface area contributed by atoms with Gasteiger partial charge in [-0.15, -0.1) is 0 Å². The Bertz CT molecular complexity index is 796. The van der Waals surface area contributed by atoms with Gasteiger partial charge >= 0.3 is 0 Å². The Kier molecular flexibility index (Phi) is 5.15. The monoisotopic (exact) mass is 369 g/mol. The molecule has 1 unspecified atom stereocenters. The SMILES string of the molecule is N=C1C=C(c2noc(C3CCN(C=O)CC3)n2)C=C/C1=C/NC1CCOC1. The number of piperidine rings is 1. The van der Waals surface area contributed by atoms with Crippen molar-refractivity contribution >= 4 is 17.7 Å². The molecular formula is C19H23N5O3. The Balaban J connectivity index is 1.40. The normalized spacial score (nSPS) is 25.1. The lowest BCUT2D eigenvalue weighted by Gasteiger charge is -2.26. The third-order valence-electron chi connectivity index (χ3n) is 5.19. The van der Waals surface area contributed by atoms with E-state index >= 15 is 0 Å². The van der Waals surface area contributed by atoms with E-state index in [1.165, 1.54) is 0 Å². The third kappa shape index (κ3) is 4.00. The van der Waals surface area contributed by atoms with Gasteiger partial charge in [-0.3, -0.25) is 4.79 Å². The summed E-state index contributed by atoms with van der Waals surface area (Å²) < 4.78 is 10.8. The second-order valence-electron chi connectivity index (χ2n) is 7.05. The number of allylic oxidation sites excluding steroid dienone is 5. The van der Waals surface area contributed by atoms with Gasteiger partial charge in [0.2, 0.25) is 18.1 Å². The summed E-state index contributed by atoms with van der Waals surface area (Å²) in [4.78, 5) is 17.1. The molecule has 2 aliphatic heterocycles. The molecule has 27 heavy (non-hydrogen) atoms. The molecule has 0 bridgehead atoms. The zero-order valence-electron chi connectivity index (χ0n) is 15.1. The minimum absolute atomic E-state index is 0.184. The summed E-state index contributed by atoms with van der Waals surface area (Å²) in [5.41, 5.74) is 1.99. The van der Waals surface area contributed by atoms with Crippen molar-refractivity contribution in [2.45, 2.75) is 31.2 Å². The number of hydrogen-bond donors (Lipinski definition) is 2.